The predicted molar refractivity (Wildman–Crippen MR) is 87.0 cm³/mol. The Hall–Kier alpha value is -1.99. The molecule has 0 radical (unpaired) electrons. The van der Waals surface area contributed by atoms with Gasteiger partial charge in [0, 0.05) is 30.9 Å². The highest BCUT2D eigenvalue weighted by Gasteiger charge is 2.21. The van der Waals surface area contributed by atoms with Crippen LogP contribution in [0.5, 0.6) is 0 Å². The summed E-state index contributed by atoms with van der Waals surface area (Å²) in [6.45, 7) is 4.42. The van der Waals surface area contributed by atoms with E-state index in [1.165, 1.54) is 17.4 Å². The second-order valence-corrected chi connectivity index (χ2v) is 6.41. The molecule has 0 bridgehead atoms. The molecule has 1 amide bonds. The van der Waals surface area contributed by atoms with Gasteiger partial charge in [-0.15, -0.1) is 0 Å². The molecule has 0 saturated carbocycles. The third-order valence-electron chi connectivity index (χ3n) is 3.59. The fourth-order valence-electron chi connectivity index (χ4n) is 2.58. The van der Waals surface area contributed by atoms with Gasteiger partial charge in [-0.25, -0.2) is 14.2 Å². The molecule has 1 aliphatic rings. The Morgan fingerprint density at radius 2 is 2.39 bits per heavy atom. The lowest BCUT2D eigenvalue weighted by atomic mass is 10.1. The summed E-state index contributed by atoms with van der Waals surface area (Å²) in [5.74, 6) is -0.209. The Labute approximate surface area is 138 Å². The van der Waals surface area contributed by atoms with Crippen LogP contribution in [0.1, 0.15) is 23.1 Å². The number of hydrogen-bond donors (Lipinski definition) is 1. The van der Waals surface area contributed by atoms with Crippen LogP contribution < -0.4 is 5.32 Å². The van der Waals surface area contributed by atoms with Crippen molar-refractivity contribution < 1.29 is 13.9 Å². The highest BCUT2D eigenvalue weighted by Crippen LogP contribution is 2.29. The third-order valence-corrected chi connectivity index (χ3v) is 4.59. The van der Waals surface area contributed by atoms with Gasteiger partial charge < -0.3 is 4.74 Å². The van der Waals surface area contributed by atoms with Crippen LogP contribution in [-0.4, -0.2) is 29.1 Å². The van der Waals surface area contributed by atoms with E-state index in [2.05, 4.69) is 15.2 Å². The topological polar surface area (TPSA) is 54.5 Å². The van der Waals surface area contributed by atoms with Crippen molar-refractivity contribution in [1.82, 2.24) is 9.88 Å². The molecular weight excluding hydrogens is 317 g/mol. The molecule has 2 heterocycles. The van der Waals surface area contributed by atoms with Crippen LogP contribution in [0.2, 0.25) is 0 Å². The second kappa shape index (κ2) is 7.06. The van der Waals surface area contributed by atoms with Gasteiger partial charge in [0.15, 0.2) is 5.13 Å². The zero-order valence-corrected chi connectivity index (χ0v) is 13.7. The van der Waals surface area contributed by atoms with Gasteiger partial charge in [-0.05, 0) is 24.6 Å². The average molecular weight is 335 g/mol. The summed E-state index contributed by atoms with van der Waals surface area (Å²) < 4.78 is 18.1. The molecule has 3 rings (SSSR count). The van der Waals surface area contributed by atoms with Crippen molar-refractivity contribution in [3.8, 4) is 0 Å². The Bertz CT molecular complexity index is 704. The molecule has 0 atom stereocenters. The van der Waals surface area contributed by atoms with Crippen molar-refractivity contribution in [3.05, 3.63) is 46.2 Å². The van der Waals surface area contributed by atoms with E-state index in [1.54, 1.807) is 19.1 Å². The fraction of sp³-hybridized carbons (Fsp3) is 0.375. The number of carbonyl (C=O) groups is 1. The maximum Gasteiger partial charge on any atom is 0.413 e. The van der Waals surface area contributed by atoms with E-state index >= 15 is 0 Å². The van der Waals surface area contributed by atoms with Crippen LogP contribution in [0.3, 0.4) is 0 Å². The molecule has 1 aromatic carbocycles. The van der Waals surface area contributed by atoms with E-state index in [0.29, 0.717) is 18.3 Å². The van der Waals surface area contributed by atoms with Crippen molar-refractivity contribution in [2.45, 2.75) is 26.4 Å². The number of carbonyl (C=O) groups excluding carboxylic acids is 1. The first-order valence-electron chi connectivity index (χ1n) is 7.53. The van der Waals surface area contributed by atoms with Crippen LogP contribution in [0.25, 0.3) is 0 Å². The van der Waals surface area contributed by atoms with Gasteiger partial charge in [0.1, 0.15) is 5.82 Å². The first-order valence-corrected chi connectivity index (χ1v) is 8.35. The van der Waals surface area contributed by atoms with Gasteiger partial charge >= 0.3 is 6.09 Å². The predicted octanol–water partition coefficient (Wildman–Crippen LogP) is 3.41. The number of nitrogens with zero attached hydrogens (tertiary/aromatic N) is 2. The van der Waals surface area contributed by atoms with Crippen molar-refractivity contribution in [2.75, 3.05) is 18.5 Å². The Balaban J connectivity index is 1.64. The second-order valence-electron chi connectivity index (χ2n) is 5.32. The first-order chi connectivity index (χ1) is 11.1. The van der Waals surface area contributed by atoms with Gasteiger partial charge in [0.05, 0.1) is 12.3 Å². The molecule has 1 aromatic heterocycles. The zero-order chi connectivity index (χ0) is 16.2. The molecule has 2 aromatic rings. The Morgan fingerprint density at radius 1 is 1.52 bits per heavy atom. The molecule has 5 nitrogen and oxygen atoms in total. The summed E-state index contributed by atoms with van der Waals surface area (Å²) in [4.78, 5) is 19.3. The largest absolute Gasteiger partial charge is 0.450 e. The quantitative estimate of drug-likeness (QED) is 0.930. The molecule has 0 unspecified atom stereocenters. The number of halogens is 1. The number of nitrogens with one attached hydrogen (secondary N) is 1. The number of aromatic nitrogens is 1. The SMILES string of the molecule is CCOC(=O)Nc1nc2c(s1)CN(Cc1cccc(F)c1)CC2. The summed E-state index contributed by atoms with van der Waals surface area (Å²) in [5.41, 5.74) is 1.99. The van der Waals surface area contributed by atoms with Gasteiger partial charge in [0.2, 0.25) is 0 Å². The minimum Gasteiger partial charge on any atom is -0.450 e. The summed E-state index contributed by atoms with van der Waals surface area (Å²) in [6, 6.07) is 6.68. The van der Waals surface area contributed by atoms with Crippen molar-refractivity contribution in [3.63, 3.8) is 0 Å². The van der Waals surface area contributed by atoms with Gasteiger partial charge in [0.25, 0.3) is 0 Å². The molecule has 0 saturated heterocycles. The smallest absolute Gasteiger partial charge is 0.413 e. The van der Waals surface area contributed by atoms with E-state index in [1.807, 2.05) is 6.07 Å². The molecule has 0 spiro atoms. The summed E-state index contributed by atoms with van der Waals surface area (Å²) >= 11 is 1.47. The number of amides is 1. The number of thiazole rings is 1. The molecule has 7 heteroatoms. The summed E-state index contributed by atoms with van der Waals surface area (Å²) in [5, 5.41) is 3.22. The maximum absolute atomic E-state index is 13.3. The number of ether oxygens (including phenoxy) is 1. The van der Waals surface area contributed by atoms with E-state index < -0.39 is 6.09 Å². The molecule has 122 valence electrons. The normalized spacial score (nSPS) is 14.3. The lowest BCUT2D eigenvalue weighted by Crippen LogP contribution is -2.29. The number of rotatable bonds is 4. The summed E-state index contributed by atoms with van der Waals surface area (Å²) in [6.07, 6.45) is 0.348. The number of benzene rings is 1. The monoisotopic (exact) mass is 335 g/mol. The lowest BCUT2D eigenvalue weighted by Gasteiger charge is -2.25. The van der Waals surface area contributed by atoms with Gasteiger partial charge in [-0.2, -0.15) is 0 Å². The standard InChI is InChI=1S/C16H18FN3O2S/c1-2-22-16(21)19-15-18-13-6-7-20(10-14(13)23-15)9-11-4-3-5-12(17)8-11/h3-5,8H,2,6-7,9-10H2,1H3,(H,18,19,21). The van der Waals surface area contributed by atoms with Crippen LogP contribution in [0.15, 0.2) is 24.3 Å². The van der Waals surface area contributed by atoms with Crippen molar-refractivity contribution in [2.24, 2.45) is 0 Å². The minimum atomic E-state index is -0.477. The third kappa shape index (κ3) is 4.05. The molecule has 0 fully saturated rings. The van der Waals surface area contributed by atoms with Gasteiger partial charge in [-0.3, -0.25) is 10.2 Å². The van der Waals surface area contributed by atoms with Crippen LogP contribution in [0, 0.1) is 5.82 Å². The molecule has 23 heavy (non-hydrogen) atoms. The van der Waals surface area contributed by atoms with Crippen molar-refractivity contribution in [1.29, 1.82) is 0 Å². The molecular formula is C16H18FN3O2S. The summed E-state index contributed by atoms with van der Waals surface area (Å²) in [7, 11) is 0. The molecule has 1 aliphatic heterocycles. The average Bonchev–Trinajstić information content (AvgIpc) is 2.88. The fourth-order valence-corrected chi connectivity index (χ4v) is 3.62. The number of fused-ring (bicyclic) bond motifs is 1. The maximum atomic E-state index is 13.3. The van der Waals surface area contributed by atoms with Crippen LogP contribution >= 0.6 is 11.3 Å². The van der Waals surface area contributed by atoms with Gasteiger partial charge in [-0.1, -0.05) is 23.5 Å². The molecule has 0 aliphatic carbocycles. The molecule has 1 N–H and O–H groups in total. The van der Waals surface area contributed by atoms with E-state index in [9.17, 15) is 9.18 Å². The van der Waals surface area contributed by atoms with E-state index in [-0.39, 0.29) is 5.82 Å². The Morgan fingerprint density at radius 3 is 3.17 bits per heavy atom. The van der Waals surface area contributed by atoms with Crippen molar-refractivity contribution >= 4 is 22.6 Å². The zero-order valence-electron chi connectivity index (χ0n) is 12.8. The van der Waals surface area contributed by atoms with E-state index in [4.69, 9.17) is 4.74 Å². The lowest BCUT2D eigenvalue weighted by molar-refractivity contribution is 0.168. The van der Waals surface area contributed by atoms with Crippen LogP contribution in [0.4, 0.5) is 14.3 Å². The first kappa shape index (κ1) is 15.9. The Kier molecular flexibility index (Phi) is 4.88. The minimum absolute atomic E-state index is 0.209. The number of anilines is 1. The van der Waals surface area contributed by atoms with E-state index in [0.717, 1.165) is 35.6 Å². The van der Waals surface area contributed by atoms with Crippen LogP contribution in [-0.2, 0) is 24.2 Å². The number of hydrogen-bond acceptors (Lipinski definition) is 5. The highest BCUT2D eigenvalue weighted by molar-refractivity contribution is 7.15. The highest BCUT2D eigenvalue weighted by atomic mass is 32.1.